The Bertz CT molecular complexity index is 836. The topological polar surface area (TPSA) is 97.4 Å². The Kier molecular flexibility index (Phi) is 7.11. The van der Waals surface area contributed by atoms with Crippen molar-refractivity contribution in [1.82, 2.24) is 15.0 Å². The van der Waals surface area contributed by atoms with Crippen molar-refractivity contribution in [2.45, 2.75) is 25.2 Å². The number of nitrogens with one attached hydrogen (secondary N) is 2. The van der Waals surface area contributed by atoms with Gasteiger partial charge >= 0.3 is 0 Å². The van der Waals surface area contributed by atoms with Gasteiger partial charge in [0, 0.05) is 19.3 Å². The minimum Gasteiger partial charge on any atom is -0.477 e. The van der Waals surface area contributed by atoms with Crippen molar-refractivity contribution in [3.05, 3.63) is 53.7 Å². The molecule has 0 radical (unpaired) electrons. The van der Waals surface area contributed by atoms with Gasteiger partial charge in [0.15, 0.2) is 0 Å². The van der Waals surface area contributed by atoms with Crippen molar-refractivity contribution in [3.8, 4) is 5.88 Å². The minimum atomic E-state index is -3.54. The van der Waals surface area contributed by atoms with Gasteiger partial charge in [0.2, 0.25) is 15.9 Å². The van der Waals surface area contributed by atoms with Gasteiger partial charge < -0.3 is 10.1 Å². The molecule has 1 aromatic carbocycles. The summed E-state index contributed by atoms with van der Waals surface area (Å²) in [5, 5.41) is 2.74. The van der Waals surface area contributed by atoms with Gasteiger partial charge in [0.25, 0.3) is 5.91 Å². The Morgan fingerprint density at radius 3 is 2.58 bits per heavy atom. The Hall–Kier alpha value is -2.45. The number of carbonyl (C=O) groups excluding carboxylic acids is 1. The molecule has 0 aliphatic heterocycles. The number of rotatable bonds is 9. The molecule has 0 fully saturated rings. The van der Waals surface area contributed by atoms with Crippen LogP contribution in [-0.2, 0) is 10.0 Å². The van der Waals surface area contributed by atoms with Gasteiger partial charge in [-0.05, 0) is 44.5 Å². The number of carbonyl (C=O) groups is 1. The highest BCUT2D eigenvalue weighted by Crippen LogP contribution is 2.14. The first-order valence-corrected chi connectivity index (χ1v) is 9.84. The highest BCUT2D eigenvalue weighted by Gasteiger charge is 2.14. The third-order valence-electron chi connectivity index (χ3n) is 3.56. The van der Waals surface area contributed by atoms with Crippen LogP contribution in [0, 0.1) is 6.92 Å². The lowest BCUT2D eigenvalue weighted by molar-refractivity contribution is 0.0948. The molecule has 0 bridgehead atoms. The molecule has 2 rings (SSSR count). The van der Waals surface area contributed by atoms with Crippen molar-refractivity contribution in [2.75, 3.05) is 19.7 Å². The van der Waals surface area contributed by atoms with Crippen LogP contribution in [0.4, 0.5) is 0 Å². The molecule has 1 heterocycles. The smallest absolute Gasteiger partial charge is 0.256 e. The predicted molar refractivity (Wildman–Crippen MR) is 98.7 cm³/mol. The Morgan fingerprint density at radius 1 is 1.15 bits per heavy atom. The Balaban J connectivity index is 1.80. The molecule has 0 atom stereocenters. The van der Waals surface area contributed by atoms with E-state index in [9.17, 15) is 13.2 Å². The fourth-order valence-corrected chi connectivity index (χ4v) is 3.28. The SMILES string of the molecule is CCOc1ncccc1C(=O)NCCCNS(=O)(=O)c1ccc(C)cc1. The van der Waals surface area contributed by atoms with E-state index in [1.54, 1.807) is 42.6 Å². The number of benzene rings is 1. The van der Waals surface area contributed by atoms with Crippen molar-refractivity contribution >= 4 is 15.9 Å². The third-order valence-corrected chi connectivity index (χ3v) is 5.04. The number of pyridine rings is 1. The van der Waals surface area contributed by atoms with Gasteiger partial charge in [-0.2, -0.15) is 0 Å². The zero-order valence-electron chi connectivity index (χ0n) is 14.9. The van der Waals surface area contributed by atoms with Crippen molar-refractivity contribution in [2.24, 2.45) is 0 Å². The molecule has 0 spiro atoms. The number of aromatic nitrogens is 1. The minimum absolute atomic E-state index is 0.224. The summed E-state index contributed by atoms with van der Waals surface area (Å²) in [5.74, 6) is -0.0180. The number of hydrogen-bond donors (Lipinski definition) is 2. The van der Waals surface area contributed by atoms with Crippen molar-refractivity contribution in [3.63, 3.8) is 0 Å². The molecule has 1 amide bonds. The summed E-state index contributed by atoms with van der Waals surface area (Å²) < 4.78 is 32.2. The van der Waals surface area contributed by atoms with E-state index < -0.39 is 10.0 Å². The molecule has 0 unspecified atom stereocenters. The van der Waals surface area contributed by atoms with Crippen LogP contribution in [0.3, 0.4) is 0 Å². The second kappa shape index (κ2) is 9.30. The van der Waals surface area contributed by atoms with Gasteiger partial charge in [-0.1, -0.05) is 17.7 Å². The molecule has 2 aromatic rings. The molecule has 7 nitrogen and oxygen atoms in total. The summed E-state index contributed by atoms with van der Waals surface area (Å²) in [6.45, 7) is 4.68. The lowest BCUT2D eigenvalue weighted by atomic mass is 10.2. The van der Waals surface area contributed by atoms with Crippen LogP contribution in [0.1, 0.15) is 29.3 Å². The number of aryl methyl sites for hydroxylation is 1. The molecule has 0 saturated carbocycles. The molecular formula is C18H23N3O4S. The lowest BCUT2D eigenvalue weighted by Crippen LogP contribution is -2.30. The quantitative estimate of drug-likeness (QED) is 0.651. The summed E-state index contributed by atoms with van der Waals surface area (Å²) in [6.07, 6.45) is 2.02. The zero-order valence-corrected chi connectivity index (χ0v) is 15.7. The average molecular weight is 377 g/mol. The molecule has 2 N–H and O–H groups in total. The van der Waals surface area contributed by atoms with E-state index in [-0.39, 0.29) is 23.2 Å². The summed E-state index contributed by atoms with van der Waals surface area (Å²) in [5.41, 5.74) is 1.35. The van der Waals surface area contributed by atoms with E-state index in [2.05, 4.69) is 15.0 Å². The maximum Gasteiger partial charge on any atom is 0.256 e. The first-order valence-electron chi connectivity index (χ1n) is 8.36. The molecule has 8 heteroatoms. The second-order valence-corrected chi connectivity index (χ2v) is 7.38. The van der Waals surface area contributed by atoms with Crippen LogP contribution < -0.4 is 14.8 Å². The van der Waals surface area contributed by atoms with Gasteiger partial charge in [-0.3, -0.25) is 4.79 Å². The molecule has 26 heavy (non-hydrogen) atoms. The van der Waals surface area contributed by atoms with E-state index in [4.69, 9.17) is 4.74 Å². The summed E-state index contributed by atoms with van der Waals surface area (Å²) >= 11 is 0. The Labute approximate surface area is 153 Å². The second-order valence-electron chi connectivity index (χ2n) is 5.61. The summed E-state index contributed by atoms with van der Waals surface area (Å²) in [7, 11) is -3.54. The number of ether oxygens (including phenoxy) is 1. The fraction of sp³-hybridized carbons (Fsp3) is 0.333. The van der Waals surface area contributed by atoms with Crippen molar-refractivity contribution < 1.29 is 17.9 Å². The fourth-order valence-electron chi connectivity index (χ4n) is 2.21. The molecule has 0 aliphatic carbocycles. The van der Waals surface area contributed by atoms with Gasteiger partial charge in [0.1, 0.15) is 5.56 Å². The maximum absolute atomic E-state index is 12.2. The maximum atomic E-state index is 12.2. The largest absolute Gasteiger partial charge is 0.477 e. The standard InChI is InChI=1S/C18H23N3O4S/c1-3-25-18-16(6-4-11-20-18)17(22)19-12-5-13-21-26(23,24)15-9-7-14(2)8-10-15/h4,6-11,21H,3,5,12-13H2,1-2H3,(H,19,22). The van der Waals surface area contributed by atoms with E-state index in [1.807, 2.05) is 13.8 Å². The summed E-state index contributed by atoms with van der Waals surface area (Å²) in [4.78, 5) is 16.4. The lowest BCUT2D eigenvalue weighted by Gasteiger charge is -2.10. The first kappa shape index (κ1) is 19.9. The van der Waals surface area contributed by atoms with E-state index in [0.717, 1.165) is 5.56 Å². The molecule has 0 aliphatic rings. The molecule has 140 valence electrons. The van der Waals surface area contributed by atoms with Crippen molar-refractivity contribution in [1.29, 1.82) is 0 Å². The average Bonchev–Trinajstić information content (AvgIpc) is 2.62. The first-order chi connectivity index (χ1) is 12.4. The number of amides is 1. The number of sulfonamides is 1. The third kappa shape index (κ3) is 5.53. The van der Waals surface area contributed by atoms with E-state index >= 15 is 0 Å². The van der Waals surface area contributed by atoms with Crippen LogP contribution in [0.25, 0.3) is 0 Å². The molecule has 0 saturated heterocycles. The molecular weight excluding hydrogens is 354 g/mol. The van der Waals surface area contributed by atoms with Crippen LogP contribution >= 0.6 is 0 Å². The summed E-state index contributed by atoms with van der Waals surface area (Å²) in [6, 6.07) is 9.92. The van der Waals surface area contributed by atoms with Crippen LogP contribution in [-0.4, -0.2) is 39.0 Å². The van der Waals surface area contributed by atoms with E-state index in [0.29, 0.717) is 25.1 Å². The monoisotopic (exact) mass is 377 g/mol. The zero-order chi connectivity index (χ0) is 19.0. The van der Waals surface area contributed by atoms with Crippen LogP contribution in [0.2, 0.25) is 0 Å². The normalized spacial score (nSPS) is 11.2. The highest BCUT2D eigenvalue weighted by atomic mass is 32.2. The predicted octanol–water partition coefficient (Wildman–Crippen LogP) is 1.89. The van der Waals surface area contributed by atoms with Crippen LogP contribution in [0.5, 0.6) is 5.88 Å². The van der Waals surface area contributed by atoms with Gasteiger partial charge in [-0.25, -0.2) is 18.1 Å². The number of hydrogen-bond acceptors (Lipinski definition) is 5. The van der Waals surface area contributed by atoms with Gasteiger partial charge in [0.05, 0.1) is 11.5 Å². The Morgan fingerprint density at radius 2 is 1.88 bits per heavy atom. The number of nitrogens with zero attached hydrogens (tertiary/aromatic N) is 1. The van der Waals surface area contributed by atoms with Crippen LogP contribution in [0.15, 0.2) is 47.5 Å². The van der Waals surface area contributed by atoms with Gasteiger partial charge in [-0.15, -0.1) is 0 Å². The molecule has 1 aromatic heterocycles. The highest BCUT2D eigenvalue weighted by molar-refractivity contribution is 7.89. The van der Waals surface area contributed by atoms with E-state index in [1.165, 1.54) is 0 Å².